The van der Waals surface area contributed by atoms with Crippen molar-refractivity contribution in [1.29, 1.82) is 0 Å². The van der Waals surface area contributed by atoms with Crippen LogP contribution in [0.2, 0.25) is 0 Å². The van der Waals surface area contributed by atoms with Gasteiger partial charge in [-0.2, -0.15) is 0 Å². The lowest BCUT2D eigenvalue weighted by atomic mass is 9.62. The van der Waals surface area contributed by atoms with Crippen LogP contribution in [0.25, 0.3) is 0 Å². The van der Waals surface area contributed by atoms with Crippen LogP contribution in [0.3, 0.4) is 0 Å². The van der Waals surface area contributed by atoms with Crippen LogP contribution in [0.5, 0.6) is 0 Å². The molecule has 2 aliphatic rings. The minimum Gasteiger partial charge on any atom is -0.316 e. The summed E-state index contributed by atoms with van der Waals surface area (Å²) in [6.45, 7) is 7.14. The number of nitrogens with one attached hydrogen (secondary N) is 1. The van der Waals surface area contributed by atoms with Crippen molar-refractivity contribution < 1.29 is 0 Å². The molecule has 0 aromatic rings. The molecule has 2 rings (SSSR count). The molecular formula is C16H31N. The van der Waals surface area contributed by atoms with E-state index >= 15 is 0 Å². The fraction of sp³-hybridized carbons (Fsp3) is 1.00. The van der Waals surface area contributed by atoms with Crippen LogP contribution in [-0.2, 0) is 0 Å². The van der Waals surface area contributed by atoms with Gasteiger partial charge in [-0.25, -0.2) is 0 Å². The van der Waals surface area contributed by atoms with Crippen LogP contribution in [0.4, 0.5) is 0 Å². The molecule has 0 heterocycles. The monoisotopic (exact) mass is 237 g/mol. The summed E-state index contributed by atoms with van der Waals surface area (Å²) in [7, 11) is 0. The minimum absolute atomic E-state index is 1.02. The zero-order valence-electron chi connectivity index (χ0n) is 11.9. The molecule has 0 radical (unpaired) electrons. The SMILES string of the molecule is CCCNCC1CCC1C1CCC(CC)CC1. The third-order valence-electron chi connectivity index (χ3n) is 5.38. The molecule has 0 saturated heterocycles. The van der Waals surface area contributed by atoms with Crippen molar-refractivity contribution in [2.24, 2.45) is 23.7 Å². The Hall–Kier alpha value is -0.0400. The van der Waals surface area contributed by atoms with E-state index in [0.717, 1.165) is 23.7 Å². The first-order valence-electron chi connectivity index (χ1n) is 8.05. The third kappa shape index (κ3) is 3.47. The molecular weight excluding hydrogens is 206 g/mol. The fourth-order valence-electron chi connectivity index (χ4n) is 3.96. The van der Waals surface area contributed by atoms with Crippen molar-refractivity contribution in [1.82, 2.24) is 5.32 Å². The van der Waals surface area contributed by atoms with Gasteiger partial charge in [-0.3, -0.25) is 0 Å². The summed E-state index contributed by atoms with van der Waals surface area (Å²) in [5, 5.41) is 3.63. The first-order chi connectivity index (χ1) is 8.35. The van der Waals surface area contributed by atoms with E-state index in [0.29, 0.717) is 0 Å². The zero-order valence-corrected chi connectivity index (χ0v) is 11.9. The van der Waals surface area contributed by atoms with E-state index < -0.39 is 0 Å². The molecule has 2 unspecified atom stereocenters. The standard InChI is InChI=1S/C16H31N/c1-3-11-17-12-15-9-10-16(15)14-7-5-13(4-2)6-8-14/h13-17H,3-12H2,1-2H3. The van der Waals surface area contributed by atoms with Crippen molar-refractivity contribution in [2.75, 3.05) is 13.1 Å². The van der Waals surface area contributed by atoms with Gasteiger partial charge < -0.3 is 5.32 Å². The Kier molecular flexibility index (Phi) is 5.34. The van der Waals surface area contributed by atoms with Gasteiger partial charge >= 0.3 is 0 Å². The van der Waals surface area contributed by atoms with Crippen LogP contribution in [-0.4, -0.2) is 13.1 Å². The molecule has 2 saturated carbocycles. The predicted octanol–water partition coefficient (Wildman–Crippen LogP) is 4.23. The van der Waals surface area contributed by atoms with Gasteiger partial charge in [0, 0.05) is 0 Å². The largest absolute Gasteiger partial charge is 0.316 e. The van der Waals surface area contributed by atoms with Crippen molar-refractivity contribution >= 4 is 0 Å². The van der Waals surface area contributed by atoms with Crippen molar-refractivity contribution in [2.45, 2.75) is 65.2 Å². The van der Waals surface area contributed by atoms with Crippen LogP contribution >= 0.6 is 0 Å². The van der Waals surface area contributed by atoms with E-state index in [4.69, 9.17) is 0 Å². The highest BCUT2D eigenvalue weighted by atomic mass is 14.9. The van der Waals surface area contributed by atoms with Crippen LogP contribution in [0.15, 0.2) is 0 Å². The summed E-state index contributed by atoms with van der Waals surface area (Å²) in [6, 6.07) is 0. The summed E-state index contributed by atoms with van der Waals surface area (Å²) in [4.78, 5) is 0. The molecule has 0 aromatic heterocycles. The Morgan fingerprint density at radius 2 is 1.71 bits per heavy atom. The highest BCUT2D eigenvalue weighted by molar-refractivity contribution is 4.89. The van der Waals surface area contributed by atoms with E-state index in [1.165, 1.54) is 64.5 Å². The van der Waals surface area contributed by atoms with Gasteiger partial charge in [0.2, 0.25) is 0 Å². The van der Waals surface area contributed by atoms with E-state index in [1.54, 1.807) is 0 Å². The van der Waals surface area contributed by atoms with Gasteiger partial charge in [-0.05, 0) is 68.9 Å². The summed E-state index contributed by atoms with van der Waals surface area (Å²) < 4.78 is 0. The molecule has 0 amide bonds. The summed E-state index contributed by atoms with van der Waals surface area (Å²) in [5.74, 6) is 4.24. The highest BCUT2D eigenvalue weighted by Gasteiger charge is 2.37. The molecule has 17 heavy (non-hydrogen) atoms. The molecule has 0 spiro atoms. The van der Waals surface area contributed by atoms with Gasteiger partial charge in [-0.15, -0.1) is 0 Å². The second kappa shape index (κ2) is 6.78. The third-order valence-corrected chi connectivity index (χ3v) is 5.38. The summed E-state index contributed by atoms with van der Waals surface area (Å²) in [5.41, 5.74) is 0. The maximum absolute atomic E-state index is 3.63. The Bertz CT molecular complexity index is 206. The number of rotatable bonds is 6. The summed E-state index contributed by atoms with van der Waals surface area (Å²) in [6.07, 6.45) is 11.8. The first-order valence-corrected chi connectivity index (χ1v) is 8.05. The molecule has 2 aliphatic carbocycles. The molecule has 1 N–H and O–H groups in total. The Morgan fingerprint density at radius 3 is 2.24 bits per heavy atom. The van der Waals surface area contributed by atoms with Gasteiger partial charge in [-0.1, -0.05) is 33.1 Å². The fourth-order valence-corrected chi connectivity index (χ4v) is 3.96. The van der Waals surface area contributed by atoms with Gasteiger partial charge in [0.1, 0.15) is 0 Å². The lowest BCUT2D eigenvalue weighted by molar-refractivity contribution is 0.0672. The van der Waals surface area contributed by atoms with Crippen molar-refractivity contribution in [3.63, 3.8) is 0 Å². The normalized spacial score (nSPS) is 37.8. The molecule has 1 heteroatoms. The van der Waals surface area contributed by atoms with E-state index in [9.17, 15) is 0 Å². The van der Waals surface area contributed by atoms with E-state index in [2.05, 4.69) is 19.2 Å². The molecule has 0 aromatic carbocycles. The molecule has 2 fully saturated rings. The Labute approximate surface area is 108 Å². The average molecular weight is 237 g/mol. The first kappa shape index (κ1) is 13.4. The molecule has 100 valence electrons. The van der Waals surface area contributed by atoms with Crippen LogP contribution in [0, 0.1) is 23.7 Å². The lowest BCUT2D eigenvalue weighted by Crippen LogP contribution is -2.40. The van der Waals surface area contributed by atoms with E-state index in [1.807, 2.05) is 0 Å². The van der Waals surface area contributed by atoms with Crippen LogP contribution in [0.1, 0.15) is 65.2 Å². The van der Waals surface area contributed by atoms with Crippen molar-refractivity contribution in [3.8, 4) is 0 Å². The second-order valence-corrected chi connectivity index (χ2v) is 6.39. The molecule has 1 nitrogen and oxygen atoms in total. The maximum atomic E-state index is 3.63. The molecule has 0 bridgehead atoms. The molecule has 2 atom stereocenters. The van der Waals surface area contributed by atoms with Gasteiger partial charge in [0.25, 0.3) is 0 Å². The maximum Gasteiger partial charge on any atom is -0.00178 e. The lowest BCUT2D eigenvalue weighted by Gasteiger charge is -2.45. The second-order valence-electron chi connectivity index (χ2n) is 6.39. The smallest absolute Gasteiger partial charge is 0.00178 e. The summed E-state index contributed by atoms with van der Waals surface area (Å²) >= 11 is 0. The quantitative estimate of drug-likeness (QED) is 0.682. The Balaban J connectivity index is 1.68. The highest BCUT2D eigenvalue weighted by Crippen LogP contribution is 2.46. The topological polar surface area (TPSA) is 12.0 Å². The van der Waals surface area contributed by atoms with E-state index in [-0.39, 0.29) is 0 Å². The van der Waals surface area contributed by atoms with Gasteiger partial charge in [0.15, 0.2) is 0 Å². The molecule has 0 aliphatic heterocycles. The zero-order chi connectivity index (χ0) is 12.1. The predicted molar refractivity (Wildman–Crippen MR) is 75.1 cm³/mol. The number of hydrogen-bond donors (Lipinski definition) is 1. The van der Waals surface area contributed by atoms with Gasteiger partial charge in [0.05, 0.1) is 0 Å². The van der Waals surface area contributed by atoms with Crippen molar-refractivity contribution in [3.05, 3.63) is 0 Å². The van der Waals surface area contributed by atoms with Crippen LogP contribution < -0.4 is 5.32 Å². The number of hydrogen-bond acceptors (Lipinski definition) is 1. The minimum atomic E-state index is 1.02. The Morgan fingerprint density at radius 1 is 0.941 bits per heavy atom. The average Bonchev–Trinajstić information content (AvgIpc) is 2.34.